The Labute approximate surface area is 131 Å². The second-order valence-corrected chi connectivity index (χ2v) is 5.85. The number of halogens is 2. The molecule has 6 heteroatoms. The van der Waals surface area contributed by atoms with Crippen LogP contribution in [0.3, 0.4) is 0 Å². The molecule has 0 saturated heterocycles. The maximum atomic E-state index is 12.3. The summed E-state index contributed by atoms with van der Waals surface area (Å²) in [5.41, 5.74) is 1.51. The lowest BCUT2D eigenvalue weighted by Gasteiger charge is -2.01. The fraction of sp³-hybridized carbons (Fsp3) is 0. The van der Waals surface area contributed by atoms with Crippen molar-refractivity contribution in [3.05, 3.63) is 68.0 Å². The highest BCUT2D eigenvalue weighted by molar-refractivity contribution is 9.10. The summed E-state index contributed by atoms with van der Waals surface area (Å²) in [7, 11) is 0. The lowest BCUT2D eigenvalue weighted by atomic mass is 10.2. The van der Waals surface area contributed by atoms with E-state index in [1.807, 2.05) is 36.4 Å². The molecule has 2 aromatic heterocycles. The van der Waals surface area contributed by atoms with Gasteiger partial charge >= 0.3 is 0 Å². The average molecular weight is 395 g/mol. The number of aromatic amines is 1. The lowest BCUT2D eigenvalue weighted by molar-refractivity contribution is 0.820. The second-order valence-electron chi connectivity index (χ2n) is 4.14. The largest absolute Gasteiger partial charge is 0.288 e. The summed E-state index contributed by atoms with van der Waals surface area (Å²) < 4.78 is 2.77. The van der Waals surface area contributed by atoms with E-state index in [4.69, 9.17) is 0 Å². The van der Waals surface area contributed by atoms with Gasteiger partial charge in [0.2, 0.25) is 0 Å². The van der Waals surface area contributed by atoms with Crippen molar-refractivity contribution in [1.82, 2.24) is 14.8 Å². The third kappa shape index (κ3) is 2.36. The zero-order valence-corrected chi connectivity index (χ0v) is 13.3. The maximum absolute atomic E-state index is 12.3. The number of aromatic nitrogens is 3. The molecular weight excluding hydrogens is 386 g/mol. The quantitative estimate of drug-likeness (QED) is 0.719. The van der Waals surface area contributed by atoms with Gasteiger partial charge in [-0.25, -0.2) is 9.67 Å². The summed E-state index contributed by atoms with van der Waals surface area (Å²) in [4.78, 5) is 16.5. The first-order valence-electron chi connectivity index (χ1n) is 5.84. The number of hydrogen-bond donors (Lipinski definition) is 1. The number of pyridine rings is 1. The van der Waals surface area contributed by atoms with Crippen LogP contribution in [0.5, 0.6) is 0 Å². The van der Waals surface area contributed by atoms with E-state index in [-0.39, 0.29) is 5.56 Å². The minimum Gasteiger partial charge on any atom is -0.288 e. The maximum Gasteiger partial charge on any atom is 0.287 e. The highest BCUT2D eigenvalue weighted by Crippen LogP contribution is 2.24. The van der Waals surface area contributed by atoms with Crippen LogP contribution in [0.15, 0.2) is 62.4 Å². The summed E-state index contributed by atoms with van der Waals surface area (Å²) in [5.74, 6) is 0.543. The Balaban J connectivity index is 2.16. The fourth-order valence-corrected chi connectivity index (χ4v) is 2.60. The standard InChI is InChI=1S/C14H9Br2N3O/c15-10-6-7-11(17-8-10)19-14(20)12(16)13(18-19)9-4-2-1-3-5-9/h1-8,18H. The Bertz CT molecular complexity index is 792. The molecule has 0 radical (unpaired) electrons. The van der Waals surface area contributed by atoms with Crippen molar-refractivity contribution in [3.63, 3.8) is 0 Å². The van der Waals surface area contributed by atoms with Crippen molar-refractivity contribution in [3.8, 4) is 17.1 Å². The van der Waals surface area contributed by atoms with Gasteiger partial charge in [-0.05, 0) is 44.0 Å². The molecule has 1 aromatic carbocycles. The van der Waals surface area contributed by atoms with Crippen molar-refractivity contribution in [1.29, 1.82) is 0 Å². The molecular formula is C14H9Br2N3O. The number of rotatable bonds is 2. The summed E-state index contributed by atoms with van der Waals surface area (Å²) in [6.45, 7) is 0. The Morgan fingerprint density at radius 3 is 2.45 bits per heavy atom. The predicted molar refractivity (Wildman–Crippen MR) is 85.0 cm³/mol. The molecule has 0 fully saturated rings. The molecule has 1 N–H and O–H groups in total. The van der Waals surface area contributed by atoms with E-state index in [2.05, 4.69) is 41.9 Å². The Kier molecular flexibility index (Phi) is 3.58. The summed E-state index contributed by atoms with van der Waals surface area (Å²) in [5, 5.41) is 3.08. The number of H-pyrrole nitrogens is 1. The van der Waals surface area contributed by atoms with Gasteiger partial charge in [0, 0.05) is 16.2 Å². The first kappa shape index (κ1) is 13.3. The van der Waals surface area contributed by atoms with Gasteiger partial charge in [0.25, 0.3) is 5.56 Å². The molecule has 100 valence electrons. The number of benzene rings is 1. The molecule has 0 saturated carbocycles. The van der Waals surface area contributed by atoms with E-state index in [9.17, 15) is 4.79 Å². The molecule has 2 heterocycles. The average Bonchev–Trinajstić information content (AvgIpc) is 2.77. The Morgan fingerprint density at radius 1 is 1.05 bits per heavy atom. The molecule has 3 aromatic rings. The molecule has 0 aliphatic carbocycles. The second kappa shape index (κ2) is 5.38. The summed E-state index contributed by atoms with van der Waals surface area (Å²) in [6.07, 6.45) is 1.65. The molecule has 3 rings (SSSR count). The van der Waals surface area contributed by atoms with Gasteiger partial charge in [0.1, 0.15) is 4.47 Å². The van der Waals surface area contributed by atoms with Crippen molar-refractivity contribution in [2.24, 2.45) is 0 Å². The van der Waals surface area contributed by atoms with Crippen LogP contribution in [0.2, 0.25) is 0 Å². The summed E-state index contributed by atoms with van der Waals surface area (Å²) >= 11 is 6.67. The molecule has 4 nitrogen and oxygen atoms in total. The number of hydrogen-bond acceptors (Lipinski definition) is 2. The third-order valence-corrected chi connectivity index (χ3v) is 4.04. The van der Waals surface area contributed by atoms with Gasteiger partial charge in [-0.3, -0.25) is 9.89 Å². The van der Waals surface area contributed by atoms with E-state index < -0.39 is 0 Å². The van der Waals surface area contributed by atoms with Crippen molar-refractivity contribution >= 4 is 31.9 Å². The topological polar surface area (TPSA) is 50.7 Å². The molecule has 20 heavy (non-hydrogen) atoms. The molecule has 0 aliphatic rings. The smallest absolute Gasteiger partial charge is 0.287 e. The number of nitrogens with zero attached hydrogens (tertiary/aromatic N) is 2. The Morgan fingerprint density at radius 2 is 1.80 bits per heavy atom. The van der Waals surface area contributed by atoms with Crippen LogP contribution in [0.25, 0.3) is 17.1 Å². The minimum absolute atomic E-state index is 0.168. The Hall–Kier alpha value is -1.66. The van der Waals surface area contributed by atoms with Gasteiger partial charge in [0.05, 0.1) is 5.69 Å². The monoisotopic (exact) mass is 393 g/mol. The van der Waals surface area contributed by atoms with Gasteiger partial charge in [-0.15, -0.1) is 0 Å². The first-order chi connectivity index (χ1) is 9.66. The van der Waals surface area contributed by atoms with Crippen LogP contribution in [0.4, 0.5) is 0 Å². The fourth-order valence-electron chi connectivity index (χ4n) is 1.87. The van der Waals surface area contributed by atoms with Crippen LogP contribution < -0.4 is 5.56 Å². The third-order valence-electron chi connectivity index (χ3n) is 2.84. The molecule has 0 atom stereocenters. The van der Waals surface area contributed by atoms with E-state index >= 15 is 0 Å². The highest BCUT2D eigenvalue weighted by atomic mass is 79.9. The van der Waals surface area contributed by atoms with Crippen LogP contribution in [-0.2, 0) is 0 Å². The highest BCUT2D eigenvalue weighted by Gasteiger charge is 2.14. The normalized spacial score (nSPS) is 10.7. The van der Waals surface area contributed by atoms with Crippen LogP contribution >= 0.6 is 31.9 Å². The van der Waals surface area contributed by atoms with Gasteiger partial charge in [-0.1, -0.05) is 30.3 Å². The van der Waals surface area contributed by atoms with Gasteiger partial charge < -0.3 is 0 Å². The van der Waals surface area contributed by atoms with E-state index in [1.165, 1.54) is 4.68 Å². The van der Waals surface area contributed by atoms with E-state index in [0.717, 1.165) is 15.7 Å². The SMILES string of the molecule is O=c1c(Br)c(-c2ccccc2)[nH]n1-c1ccc(Br)cn1. The number of nitrogens with one attached hydrogen (secondary N) is 1. The zero-order valence-electron chi connectivity index (χ0n) is 10.2. The summed E-state index contributed by atoms with van der Waals surface area (Å²) in [6, 6.07) is 13.3. The van der Waals surface area contributed by atoms with Crippen LogP contribution in [0.1, 0.15) is 0 Å². The van der Waals surface area contributed by atoms with Crippen molar-refractivity contribution in [2.75, 3.05) is 0 Å². The molecule has 0 amide bonds. The minimum atomic E-state index is -0.168. The molecule has 0 spiro atoms. The van der Waals surface area contributed by atoms with Crippen molar-refractivity contribution in [2.45, 2.75) is 0 Å². The zero-order chi connectivity index (χ0) is 14.1. The van der Waals surface area contributed by atoms with Crippen LogP contribution in [-0.4, -0.2) is 14.8 Å². The van der Waals surface area contributed by atoms with Gasteiger partial charge in [0.15, 0.2) is 5.82 Å². The molecule has 0 bridgehead atoms. The van der Waals surface area contributed by atoms with E-state index in [1.54, 1.807) is 12.3 Å². The molecule has 0 unspecified atom stereocenters. The molecule has 0 aliphatic heterocycles. The first-order valence-corrected chi connectivity index (χ1v) is 7.43. The van der Waals surface area contributed by atoms with E-state index in [0.29, 0.717) is 10.3 Å². The predicted octanol–water partition coefficient (Wildman–Crippen LogP) is 3.75. The van der Waals surface area contributed by atoms with Gasteiger partial charge in [-0.2, -0.15) is 0 Å². The van der Waals surface area contributed by atoms with Crippen molar-refractivity contribution < 1.29 is 0 Å². The lowest BCUT2D eigenvalue weighted by Crippen LogP contribution is -2.15. The van der Waals surface area contributed by atoms with Crippen LogP contribution in [0, 0.1) is 0 Å².